The first-order valence-corrected chi connectivity index (χ1v) is 6.75. The van der Waals surface area contributed by atoms with Gasteiger partial charge in [0, 0.05) is 5.56 Å². The van der Waals surface area contributed by atoms with Crippen molar-refractivity contribution in [1.82, 2.24) is 0 Å². The van der Waals surface area contributed by atoms with Gasteiger partial charge in [-0.05, 0) is 30.7 Å². The van der Waals surface area contributed by atoms with E-state index in [1.807, 2.05) is 30.3 Å². The average molecular weight is 288 g/mol. The van der Waals surface area contributed by atoms with Gasteiger partial charge in [0.25, 0.3) is 0 Å². The minimum absolute atomic E-state index is 0.468. The molecule has 2 aromatic carbocycles. The van der Waals surface area contributed by atoms with Gasteiger partial charge in [-0.25, -0.2) is 0 Å². The lowest BCUT2D eigenvalue weighted by molar-refractivity contribution is -0.157. The molecule has 0 spiro atoms. The van der Waals surface area contributed by atoms with Gasteiger partial charge in [0.2, 0.25) is 0 Å². The largest absolute Gasteiger partial charge is 0.496 e. The van der Waals surface area contributed by atoms with Gasteiger partial charge in [0.1, 0.15) is 5.75 Å². The molecule has 2 rings (SSSR count). The van der Waals surface area contributed by atoms with E-state index in [0.29, 0.717) is 11.3 Å². The summed E-state index contributed by atoms with van der Waals surface area (Å²) < 4.78 is 10.2. The summed E-state index contributed by atoms with van der Waals surface area (Å²) in [4.78, 5) is 12.0. The highest BCUT2D eigenvalue weighted by atomic mass is 16.5. The number of carbonyl (C=O) groups excluding carboxylic acids is 1. The summed E-state index contributed by atoms with van der Waals surface area (Å²) in [5, 5.41) is 12.6. The van der Waals surface area contributed by atoms with Crippen molar-refractivity contribution >= 4 is 16.7 Å². The maximum Gasteiger partial charge on any atom is 0.314 e. The van der Waals surface area contributed by atoms with Crippen LogP contribution >= 0.6 is 0 Å². The maximum atomic E-state index is 12.0. The van der Waals surface area contributed by atoms with E-state index in [-0.39, 0.29) is 0 Å². The van der Waals surface area contributed by atoms with Crippen molar-refractivity contribution in [3.8, 4) is 5.75 Å². The average Bonchev–Trinajstić information content (AvgIpc) is 2.51. The number of carbonyl (C=O) groups is 1. The molecule has 0 aliphatic carbocycles. The van der Waals surface area contributed by atoms with Gasteiger partial charge >= 0.3 is 5.97 Å². The summed E-state index contributed by atoms with van der Waals surface area (Å²) in [6.45, 7) is 3.31. The van der Waals surface area contributed by atoms with Crippen LogP contribution in [0.1, 0.15) is 25.5 Å². The van der Waals surface area contributed by atoms with E-state index in [9.17, 15) is 9.90 Å². The number of benzene rings is 2. The summed E-state index contributed by atoms with van der Waals surface area (Å²) in [5.41, 5.74) is -0.474. The van der Waals surface area contributed by atoms with Crippen LogP contribution in [-0.4, -0.2) is 25.3 Å². The minimum atomic E-state index is -1.08. The van der Waals surface area contributed by atoms with E-state index >= 15 is 0 Å². The third kappa shape index (κ3) is 2.59. The van der Waals surface area contributed by atoms with E-state index in [2.05, 4.69) is 0 Å². The third-order valence-corrected chi connectivity index (χ3v) is 3.82. The maximum absolute atomic E-state index is 12.0. The molecule has 1 unspecified atom stereocenters. The molecule has 0 saturated carbocycles. The third-order valence-electron chi connectivity index (χ3n) is 3.82. The molecule has 0 bridgehead atoms. The molecule has 0 radical (unpaired) electrons. The molecule has 0 heterocycles. The minimum Gasteiger partial charge on any atom is -0.496 e. The van der Waals surface area contributed by atoms with Crippen molar-refractivity contribution in [3.63, 3.8) is 0 Å². The summed E-state index contributed by atoms with van der Waals surface area (Å²) in [6, 6.07) is 11.4. The Hall–Kier alpha value is -2.07. The van der Waals surface area contributed by atoms with E-state index in [1.165, 1.54) is 7.11 Å². The van der Waals surface area contributed by atoms with Gasteiger partial charge in [-0.1, -0.05) is 30.3 Å². The predicted molar refractivity (Wildman–Crippen MR) is 81.3 cm³/mol. The highest BCUT2D eigenvalue weighted by Crippen LogP contribution is 2.42. The van der Waals surface area contributed by atoms with Gasteiger partial charge < -0.3 is 14.6 Å². The zero-order chi connectivity index (χ0) is 15.6. The SMILES string of the molecule is COC(=O)C(C)(C)C(O)c1c(OC)ccc2ccccc12. The molecule has 4 heteroatoms. The van der Waals surface area contributed by atoms with Crippen LogP contribution in [0.3, 0.4) is 0 Å². The molecule has 1 N–H and O–H groups in total. The molecule has 2 aromatic rings. The number of aliphatic hydroxyl groups excluding tert-OH is 1. The van der Waals surface area contributed by atoms with Crippen molar-refractivity contribution < 1.29 is 19.4 Å². The Morgan fingerprint density at radius 1 is 1.14 bits per heavy atom. The monoisotopic (exact) mass is 288 g/mol. The topological polar surface area (TPSA) is 55.8 Å². The number of esters is 1. The highest BCUT2D eigenvalue weighted by molar-refractivity contribution is 5.89. The van der Waals surface area contributed by atoms with E-state index < -0.39 is 17.5 Å². The zero-order valence-electron chi connectivity index (χ0n) is 12.7. The first kappa shape index (κ1) is 15.3. The van der Waals surface area contributed by atoms with Crippen molar-refractivity contribution in [1.29, 1.82) is 0 Å². The Morgan fingerprint density at radius 2 is 1.81 bits per heavy atom. The van der Waals surface area contributed by atoms with Crippen molar-refractivity contribution in [2.45, 2.75) is 20.0 Å². The van der Waals surface area contributed by atoms with Gasteiger partial charge in [0.05, 0.1) is 25.7 Å². The molecular formula is C17H20O4. The highest BCUT2D eigenvalue weighted by Gasteiger charge is 2.40. The quantitative estimate of drug-likeness (QED) is 0.878. The normalized spacial score (nSPS) is 13.0. The second-order valence-corrected chi connectivity index (χ2v) is 5.52. The van der Waals surface area contributed by atoms with E-state index in [0.717, 1.165) is 10.8 Å². The van der Waals surface area contributed by atoms with Crippen LogP contribution in [-0.2, 0) is 9.53 Å². The Labute approximate surface area is 124 Å². The Kier molecular flexibility index (Phi) is 4.19. The molecule has 21 heavy (non-hydrogen) atoms. The molecule has 0 aliphatic rings. The summed E-state index contributed by atoms with van der Waals surface area (Å²) in [6.07, 6.45) is -1.04. The van der Waals surface area contributed by atoms with Crippen molar-refractivity contribution in [2.75, 3.05) is 14.2 Å². The Balaban J connectivity index is 2.66. The number of fused-ring (bicyclic) bond motifs is 1. The van der Waals surface area contributed by atoms with E-state index in [4.69, 9.17) is 9.47 Å². The molecule has 0 aromatic heterocycles. The van der Waals surface area contributed by atoms with E-state index in [1.54, 1.807) is 27.0 Å². The van der Waals surface area contributed by atoms with Crippen LogP contribution in [0.15, 0.2) is 36.4 Å². The zero-order valence-corrected chi connectivity index (χ0v) is 12.7. The first-order chi connectivity index (χ1) is 9.93. The number of aliphatic hydroxyl groups is 1. The lowest BCUT2D eigenvalue weighted by Gasteiger charge is -2.29. The summed E-state index contributed by atoms with van der Waals surface area (Å²) in [5.74, 6) is 0.0863. The molecular weight excluding hydrogens is 268 g/mol. The fourth-order valence-electron chi connectivity index (χ4n) is 2.47. The molecule has 4 nitrogen and oxygen atoms in total. The molecule has 0 saturated heterocycles. The molecule has 0 fully saturated rings. The van der Waals surface area contributed by atoms with Crippen LogP contribution < -0.4 is 4.74 Å². The standard InChI is InChI=1S/C17H20O4/c1-17(2,16(19)21-4)15(18)14-12-8-6-5-7-11(12)9-10-13(14)20-3/h5-10,15,18H,1-4H3. The summed E-state index contributed by atoms with van der Waals surface area (Å²) in [7, 11) is 2.86. The molecule has 1 atom stereocenters. The van der Waals surface area contributed by atoms with Crippen LogP contribution in [0, 0.1) is 5.41 Å². The fraction of sp³-hybridized carbons (Fsp3) is 0.353. The van der Waals surface area contributed by atoms with Gasteiger partial charge in [-0.3, -0.25) is 4.79 Å². The lowest BCUT2D eigenvalue weighted by Crippen LogP contribution is -2.33. The number of hydrogen-bond donors (Lipinski definition) is 1. The van der Waals surface area contributed by atoms with Gasteiger partial charge in [-0.2, -0.15) is 0 Å². The first-order valence-electron chi connectivity index (χ1n) is 6.75. The Bertz CT molecular complexity index is 661. The van der Waals surface area contributed by atoms with Gasteiger partial charge in [0.15, 0.2) is 0 Å². The molecule has 112 valence electrons. The smallest absolute Gasteiger partial charge is 0.314 e. The molecule has 0 amide bonds. The van der Waals surface area contributed by atoms with Crippen molar-refractivity contribution in [3.05, 3.63) is 42.0 Å². The number of ether oxygens (including phenoxy) is 2. The van der Waals surface area contributed by atoms with Crippen LogP contribution in [0.25, 0.3) is 10.8 Å². The number of methoxy groups -OCH3 is 2. The second kappa shape index (κ2) is 5.74. The number of rotatable bonds is 4. The van der Waals surface area contributed by atoms with Crippen LogP contribution in [0.2, 0.25) is 0 Å². The Morgan fingerprint density at radius 3 is 2.43 bits per heavy atom. The summed E-state index contributed by atoms with van der Waals surface area (Å²) >= 11 is 0. The molecule has 0 aliphatic heterocycles. The second-order valence-electron chi connectivity index (χ2n) is 5.52. The lowest BCUT2D eigenvalue weighted by atomic mass is 9.80. The van der Waals surface area contributed by atoms with Crippen LogP contribution in [0.5, 0.6) is 5.75 Å². The van der Waals surface area contributed by atoms with Gasteiger partial charge in [-0.15, -0.1) is 0 Å². The van der Waals surface area contributed by atoms with Crippen LogP contribution in [0.4, 0.5) is 0 Å². The van der Waals surface area contributed by atoms with Crippen molar-refractivity contribution in [2.24, 2.45) is 5.41 Å². The number of hydrogen-bond acceptors (Lipinski definition) is 4. The fourth-order valence-corrected chi connectivity index (χ4v) is 2.47. The predicted octanol–water partition coefficient (Wildman–Crippen LogP) is 3.08.